The van der Waals surface area contributed by atoms with Gasteiger partial charge in [0, 0.05) is 0 Å². The molecule has 0 aromatic rings. The molecule has 0 heteroatoms. The number of unbranched alkanes of at least 4 members (excludes halogenated alkanes) is 1. The third-order valence-electron chi connectivity index (χ3n) is 2.03. The summed E-state index contributed by atoms with van der Waals surface area (Å²) in [5.74, 6) is 0.578. The van der Waals surface area contributed by atoms with Crippen LogP contribution in [0.25, 0.3) is 0 Å². The van der Waals surface area contributed by atoms with Gasteiger partial charge in [-0.05, 0) is 24.7 Å². The highest BCUT2D eigenvalue weighted by atomic mass is 14.2. The molecule has 0 N–H and O–H groups in total. The third kappa shape index (κ3) is 3.92. The van der Waals surface area contributed by atoms with Crippen molar-refractivity contribution in [1.29, 1.82) is 0 Å². The van der Waals surface area contributed by atoms with Crippen molar-refractivity contribution in [3.63, 3.8) is 0 Å². The van der Waals surface area contributed by atoms with Crippen molar-refractivity contribution in [3.05, 3.63) is 13.8 Å². The standard InChI is InChI=1S/C10H20/c1-6-7-8-9(2)10(3,4)5/h9H,1-2,6-8H2,3-5H3. The maximum Gasteiger partial charge on any atom is -0.0354 e. The summed E-state index contributed by atoms with van der Waals surface area (Å²) in [5, 5.41) is 0. The molecule has 0 fully saturated rings. The van der Waals surface area contributed by atoms with Gasteiger partial charge >= 0.3 is 0 Å². The SMILES string of the molecule is [CH2]CCCC([CH2])C(C)(C)C. The van der Waals surface area contributed by atoms with Gasteiger partial charge < -0.3 is 0 Å². The predicted molar refractivity (Wildman–Crippen MR) is 47.5 cm³/mol. The Morgan fingerprint density at radius 2 is 1.80 bits per heavy atom. The van der Waals surface area contributed by atoms with E-state index in [1.54, 1.807) is 0 Å². The minimum atomic E-state index is 0.370. The first kappa shape index (κ1) is 10.0. The molecule has 0 saturated heterocycles. The molecule has 2 radical (unpaired) electrons. The molecule has 0 aliphatic rings. The fraction of sp³-hybridized carbons (Fsp3) is 0.800. The number of rotatable bonds is 3. The molecular weight excluding hydrogens is 120 g/mol. The summed E-state index contributed by atoms with van der Waals surface area (Å²) in [6, 6.07) is 0. The highest BCUT2D eigenvalue weighted by Crippen LogP contribution is 2.28. The Labute approximate surface area is 66.0 Å². The van der Waals surface area contributed by atoms with Gasteiger partial charge in [-0.2, -0.15) is 0 Å². The lowest BCUT2D eigenvalue weighted by Crippen LogP contribution is -2.17. The average Bonchev–Trinajstić information content (AvgIpc) is 1.80. The molecule has 0 aliphatic carbocycles. The molecule has 0 amide bonds. The van der Waals surface area contributed by atoms with E-state index in [1.165, 1.54) is 12.8 Å². The summed E-state index contributed by atoms with van der Waals surface area (Å²) in [4.78, 5) is 0. The van der Waals surface area contributed by atoms with E-state index in [9.17, 15) is 0 Å². The van der Waals surface area contributed by atoms with E-state index >= 15 is 0 Å². The van der Waals surface area contributed by atoms with Crippen molar-refractivity contribution >= 4 is 0 Å². The Balaban J connectivity index is 3.52. The first-order valence-corrected chi connectivity index (χ1v) is 4.11. The van der Waals surface area contributed by atoms with Crippen molar-refractivity contribution < 1.29 is 0 Å². The van der Waals surface area contributed by atoms with Crippen molar-refractivity contribution in [2.24, 2.45) is 11.3 Å². The summed E-state index contributed by atoms with van der Waals surface area (Å²) in [6.45, 7) is 14.7. The van der Waals surface area contributed by atoms with Gasteiger partial charge in [-0.25, -0.2) is 0 Å². The summed E-state index contributed by atoms with van der Waals surface area (Å²) >= 11 is 0. The average molecular weight is 140 g/mol. The smallest absolute Gasteiger partial charge is 0.0354 e. The van der Waals surface area contributed by atoms with Crippen LogP contribution in [0, 0.1) is 25.2 Å². The predicted octanol–water partition coefficient (Wildman–Crippen LogP) is 3.49. The van der Waals surface area contributed by atoms with Crippen LogP contribution in [0.3, 0.4) is 0 Å². The summed E-state index contributed by atoms with van der Waals surface area (Å²) in [5.41, 5.74) is 0.370. The van der Waals surface area contributed by atoms with Crippen LogP contribution in [0.5, 0.6) is 0 Å². The monoisotopic (exact) mass is 140 g/mol. The van der Waals surface area contributed by atoms with Crippen molar-refractivity contribution in [3.8, 4) is 0 Å². The Morgan fingerprint density at radius 1 is 1.30 bits per heavy atom. The number of hydrogen-bond donors (Lipinski definition) is 0. The minimum Gasteiger partial charge on any atom is -0.0599 e. The highest BCUT2D eigenvalue weighted by Gasteiger charge is 2.18. The molecule has 1 atom stereocenters. The molecule has 0 saturated carbocycles. The van der Waals surface area contributed by atoms with Crippen molar-refractivity contribution in [2.75, 3.05) is 0 Å². The molecule has 0 aromatic heterocycles. The van der Waals surface area contributed by atoms with E-state index in [0.717, 1.165) is 6.42 Å². The van der Waals surface area contributed by atoms with Crippen LogP contribution in [-0.4, -0.2) is 0 Å². The van der Waals surface area contributed by atoms with Crippen LogP contribution >= 0.6 is 0 Å². The largest absolute Gasteiger partial charge is 0.0599 e. The molecule has 0 spiro atoms. The Kier molecular flexibility index (Phi) is 4.00. The second kappa shape index (κ2) is 4.00. The van der Waals surface area contributed by atoms with Crippen LogP contribution in [-0.2, 0) is 0 Å². The molecule has 0 aliphatic heterocycles. The quantitative estimate of drug-likeness (QED) is 0.563. The van der Waals surface area contributed by atoms with Gasteiger partial charge in [0.25, 0.3) is 0 Å². The molecule has 60 valence electrons. The maximum absolute atomic E-state index is 4.12. The van der Waals surface area contributed by atoms with Crippen LogP contribution in [0.15, 0.2) is 0 Å². The first-order valence-electron chi connectivity index (χ1n) is 4.11. The number of hydrogen-bond acceptors (Lipinski definition) is 0. The second-order valence-corrected chi connectivity index (χ2v) is 4.06. The van der Waals surface area contributed by atoms with E-state index in [2.05, 4.69) is 34.6 Å². The fourth-order valence-electron chi connectivity index (χ4n) is 0.824. The molecular formula is C10H20. The normalized spacial score (nSPS) is 15.3. The summed E-state index contributed by atoms with van der Waals surface area (Å²) < 4.78 is 0. The van der Waals surface area contributed by atoms with Gasteiger partial charge in [0.05, 0.1) is 0 Å². The topological polar surface area (TPSA) is 0 Å². The van der Waals surface area contributed by atoms with Gasteiger partial charge in [0.2, 0.25) is 0 Å². The minimum absolute atomic E-state index is 0.370. The van der Waals surface area contributed by atoms with Gasteiger partial charge in [0.15, 0.2) is 0 Å². The maximum atomic E-state index is 4.12. The Morgan fingerprint density at radius 3 is 2.10 bits per heavy atom. The van der Waals surface area contributed by atoms with E-state index in [-0.39, 0.29) is 0 Å². The lowest BCUT2D eigenvalue weighted by atomic mass is 9.79. The summed E-state index contributed by atoms with van der Waals surface area (Å²) in [6.07, 6.45) is 3.47. The second-order valence-electron chi connectivity index (χ2n) is 4.06. The van der Waals surface area contributed by atoms with Crippen LogP contribution in [0.2, 0.25) is 0 Å². The molecule has 0 heterocycles. The Hall–Kier alpha value is 0. The van der Waals surface area contributed by atoms with E-state index in [1.807, 2.05) is 0 Å². The molecule has 0 nitrogen and oxygen atoms in total. The molecule has 10 heavy (non-hydrogen) atoms. The third-order valence-corrected chi connectivity index (χ3v) is 2.03. The van der Waals surface area contributed by atoms with Crippen LogP contribution < -0.4 is 0 Å². The zero-order valence-corrected chi connectivity index (χ0v) is 7.61. The van der Waals surface area contributed by atoms with Gasteiger partial charge in [-0.1, -0.05) is 40.5 Å². The molecule has 0 aromatic carbocycles. The molecule has 0 bridgehead atoms. The van der Waals surface area contributed by atoms with Crippen LogP contribution in [0.1, 0.15) is 40.0 Å². The van der Waals surface area contributed by atoms with E-state index < -0.39 is 0 Å². The van der Waals surface area contributed by atoms with Crippen molar-refractivity contribution in [2.45, 2.75) is 40.0 Å². The molecule has 0 rings (SSSR count). The Bertz CT molecular complexity index is 76.5. The van der Waals surface area contributed by atoms with Gasteiger partial charge in [-0.3, -0.25) is 0 Å². The van der Waals surface area contributed by atoms with Gasteiger partial charge in [0.1, 0.15) is 0 Å². The van der Waals surface area contributed by atoms with E-state index in [4.69, 9.17) is 0 Å². The lowest BCUT2D eigenvalue weighted by molar-refractivity contribution is 0.271. The summed E-state index contributed by atoms with van der Waals surface area (Å²) in [7, 11) is 0. The van der Waals surface area contributed by atoms with E-state index in [0.29, 0.717) is 11.3 Å². The molecule has 1 unspecified atom stereocenters. The highest BCUT2D eigenvalue weighted by molar-refractivity contribution is 4.75. The first-order chi connectivity index (χ1) is 4.48. The zero-order chi connectivity index (χ0) is 8.20. The zero-order valence-electron chi connectivity index (χ0n) is 7.61. The van der Waals surface area contributed by atoms with Crippen molar-refractivity contribution in [1.82, 2.24) is 0 Å². The lowest BCUT2D eigenvalue weighted by Gasteiger charge is -2.26. The fourth-order valence-corrected chi connectivity index (χ4v) is 0.824. The van der Waals surface area contributed by atoms with Gasteiger partial charge in [-0.15, -0.1) is 0 Å². The van der Waals surface area contributed by atoms with Crippen LogP contribution in [0.4, 0.5) is 0 Å².